The maximum absolute atomic E-state index is 13.2. The summed E-state index contributed by atoms with van der Waals surface area (Å²) in [4.78, 5) is 27.8. The molecule has 0 radical (unpaired) electrons. The van der Waals surface area contributed by atoms with Crippen LogP contribution in [-0.2, 0) is 9.59 Å². The molecule has 0 saturated carbocycles. The molecule has 2 aromatic rings. The second-order valence-electron chi connectivity index (χ2n) is 8.96. The lowest BCUT2D eigenvalue weighted by molar-refractivity contribution is -0.138. The van der Waals surface area contributed by atoms with E-state index in [4.69, 9.17) is 11.6 Å². The summed E-state index contributed by atoms with van der Waals surface area (Å²) in [7, 11) is 0. The third kappa shape index (κ3) is 6.33. The molecule has 166 valence electrons. The molecule has 1 saturated heterocycles. The summed E-state index contributed by atoms with van der Waals surface area (Å²) in [6.07, 6.45) is 2.23. The van der Waals surface area contributed by atoms with Gasteiger partial charge in [0.25, 0.3) is 0 Å². The molecule has 1 heterocycles. The Bertz CT molecular complexity index is 859. The van der Waals surface area contributed by atoms with Crippen LogP contribution in [0.3, 0.4) is 0 Å². The van der Waals surface area contributed by atoms with Crippen molar-refractivity contribution >= 4 is 23.4 Å². The number of benzene rings is 2. The fourth-order valence-corrected chi connectivity index (χ4v) is 4.41. The minimum Gasteiger partial charge on any atom is -0.344 e. The molecule has 0 aliphatic carbocycles. The normalized spacial score (nSPS) is 16.7. The number of halogens is 1. The van der Waals surface area contributed by atoms with Crippen LogP contribution in [-0.4, -0.2) is 35.8 Å². The van der Waals surface area contributed by atoms with E-state index in [9.17, 15) is 9.59 Å². The highest BCUT2D eigenvalue weighted by atomic mass is 35.5. The highest BCUT2D eigenvalue weighted by molar-refractivity contribution is 6.30. The van der Waals surface area contributed by atoms with Crippen LogP contribution in [0.5, 0.6) is 0 Å². The van der Waals surface area contributed by atoms with Gasteiger partial charge < -0.3 is 10.2 Å². The fraction of sp³-hybridized carbons (Fsp3) is 0.462. The van der Waals surface area contributed by atoms with Crippen molar-refractivity contribution in [1.82, 2.24) is 10.2 Å². The number of nitrogens with zero attached hydrogens (tertiary/aromatic N) is 1. The van der Waals surface area contributed by atoms with Gasteiger partial charge in [0.2, 0.25) is 11.8 Å². The van der Waals surface area contributed by atoms with Crippen LogP contribution in [0.15, 0.2) is 54.6 Å². The van der Waals surface area contributed by atoms with E-state index in [-0.39, 0.29) is 23.7 Å². The zero-order valence-corrected chi connectivity index (χ0v) is 19.4. The van der Waals surface area contributed by atoms with Crippen molar-refractivity contribution in [2.24, 2.45) is 5.92 Å². The van der Waals surface area contributed by atoms with Crippen LogP contribution < -0.4 is 5.32 Å². The smallest absolute Gasteiger partial charge is 0.245 e. The number of rotatable bonds is 7. The molecule has 31 heavy (non-hydrogen) atoms. The molecule has 3 rings (SSSR count). The molecule has 1 aliphatic heterocycles. The van der Waals surface area contributed by atoms with Crippen LogP contribution in [0.25, 0.3) is 0 Å². The first-order valence-electron chi connectivity index (χ1n) is 11.2. The first-order valence-corrected chi connectivity index (χ1v) is 11.6. The number of hydrogen-bond donors (Lipinski definition) is 1. The van der Waals surface area contributed by atoms with Crippen molar-refractivity contribution in [3.05, 3.63) is 70.7 Å². The van der Waals surface area contributed by atoms with E-state index in [1.54, 1.807) is 0 Å². The molecule has 2 unspecified atom stereocenters. The number of amides is 2. The Morgan fingerprint density at radius 2 is 1.61 bits per heavy atom. The summed E-state index contributed by atoms with van der Waals surface area (Å²) in [5, 5.41) is 3.76. The number of hydrogen-bond acceptors (Lipinski definition) is 2. The van der Waals surface area contributed by atoms with Gasteiger partial charge in [0.15, 0.2) is 0 Å². The van der Waals surface area contributed by atoms with Crippen LogP contribution >= 0.6 is 11.6 Å². The fourth-order valence-electron chi connectivity index (χ4n) is 4.29. The molecular formula is C26H33ClN2O2. The highest BCUT2D eigenvalue weighted by Gasteiger charge is 2.31. The van der Waals surface area contributed by atoms with Gasteiger partial charge in [0.05, 0.1) is 0 Å². The summed E-state index contributed by atoms with van der Waals surface area (Å²) >= 11 is 6.00. The van der Waals surface area contributed by atoms with Crippen molar-refractivity contribution in [1.29, 1.82) is 0 Å². The van der Waals surface area contributed by atoms with E-state index in [1.807, 2.05) is 68.1 Å². The van der Waals surface area contributed by atoms with Gasteiger partial charge >= 0.3 is 0 Å². The Labute approximate surface area is 191 Å². The standard InChI is InChI=1S/C26H33ClN2O2/c1-18(2)25(28-24(30)17-19(3)20-7-5-4-6-8-20)26(31)29-15-13-22(14-16-29)21-9-11-23(27)12-10-21/h4-12,18-19,22,25H,13-17H2,1-3H3,(H,28,30). The second kappa shape index (κ2) is 10.8. The maximum Gasteiger partial charge on any atom is 0.245 e. The van der Waals surface area contributed by atoms with E-state index in [1.165, 1.54) is 5.56 Å². The molecule has 5 heteroatoms. The van der Waals surface area contributed by atoms with E-state index < -0.39 is 6.04 Å². The van der Waals surface area contributed by atoms with Crippen LogP contribution in [0.2, 0.25) is 5.02 Å². The van der Waals surface area contributed by atoms with E-state index in [0.29, 0.717) is 25.4 Å². The maximum atomic E-state index is 13.2. The van der Waals surface area contributed by atoms with Gasteiger partial charge in [-0.1, -0.05) is 74.8 Å². The van der Waals surface area contributed by atoms with Crippen molar-refractivity contribution in [3.63, 3.8) is 0 Å². The van der Waals surface area contributed by atoms with Crippen LogP contribution in [0.4, 0.5) is 0 Å². The van der Waals surface area contributed by atoms with E-state index in [2.05, 4.69) is 17.4 Å². The summed E-state index contributed by atoms with van der Waals surface area (Å²) in [6, 6.07) is 17.5. The highest BCUT2D eigenvalue weighted by Crippen LogP contribution is 2.29. The van der Waals surface area contributed by atoms with Gasteiger partial charge in [-0.3, -0.25) is 9.59 Å². The van der Waals surface area contributed by atoms with Gasteiger partial charge in [-0.2, -0.15) is 0 Å². The Morgan fingerprint density at radius 3 is 2.19 bits per heavy atom. The third-order valence-electron chi connectivity index (χ3n) is 6.26. The summed E-state index contributed by atoms with van der Waals surface area (Å²) in [5.74, 6) is 0.557. The first kappa shape index (κ1) is 23.3. The number of likely N-dealkylation sites (tertiary alicyclic amines) is 1. The predicted octanol–water partition coefficient (Wildman–Crippen LogP) is 5.38. The second-order valence-corrected chi connectivity index (χ2v) is 9.39. The Morgan fingerprint density at radius 1 is 1.00 bits per heavy atom. The van der Waals surface area contributed by atoms with Crippen LogP contribution in [0.1, 0.15) is 63.0 Å². The largest absolute Gasteiger partial charge is 0.344 e. The Hall–Kier alpha value is -2.33. The molecule has 1 aliphatic rings. The predicted molar refractivity (Wildman–Crippen MR) is 126 cm³/mol. The molecule has 0 spiro atoms. The van der Waals surface area contributed by atoms with Crippen LogP contribution in [0, 0.1) is 5.92 Å². The van der Waals surface area contributed by atoms with Crippen molar-refractivity contribution < 1.29 is 9.59 Å². The van der Waals surface area contributed by atoms with Gasteiger partial charge in [-0.25, -0.2) is 0 Å². The monoisotopic (exact) mass is 440 g/mol. The molecule has 4 nitrogen and oxygen atoms in total. The Kier molecular flexibility index (Phi) is 8.14. The molecule has 2 amide bonds. The zero-order valence-electron chi connectivity index (χ0n) is 18.7. The number of nitrogens with one attached hydrogen (secondary N) is 1. The quantitative estimate of drug-likeness (QED) is 0.628. The van der Waals surface area contributed by atoms with Gasteiger partial charge in [-0.15, -0.1) is 0 Å². The minimum absolute atomic E-state index is 0.0327. The molecule has 1 N–H and O–H groups in total. The first-order chi connectivity index (χ1) is 14.8. The topological polar surface area (TPSA) is 49.4 Å². The Balaban J connectivity index is 1.55. The van der Waals surface area contributed by atoms with Gasteiger partial charge in [0.1, 0.15) is 6.04 Å². The molecule has 0 aromatic heterocycles. The molecule has 0 bridgehead atoms. The van der Waals surface area contributed by atoms with Crippen molar-refractivity contribution in [2.75, 3.05) is 13.1 Å². The number of carbonyl (C=O) groups is 2. The lowest BCUT2D eigenvalue weighted by Gasteiger charge is -2.35. The third-order valence-corrected chi connectivity index (χ3v) is 6.51. The number of piperidine rings is 1. The summed E-state index contributed by atoms with van der Waals surface area (Å²) in [6.45, 7) is 7.45. The molecule has 2 aromatic carbocycles. The average molecular weight is 441 g/mol. The summed E-state index contributed by atoms with van der Waals surface area (Å²) in [5.41, 5.74) is 2.41. The van der Waals surface area contributed by atoms with Crippen molar-refractivity contribution in [3.8, 4) is 0 Å². The van der Waals surface area contributed by atoms with E-state index >= 15 is 0 Å². The number of carbonyl (C=O) groups excluding carboxylic acids is 2. The van der Waals surface area contributed by atoms with E-state index in [0.717, 1.165) is 23.4 Å². The van der Waals surface area contributed by atoms with Gasteiger partial charge in [0, 0.05) is 24.5 Å². The minimum atomic E-state index is -0.484. The zero-order chi connectivity index (χ0) is 22.4. The lowest BCUT2D eigenvalue weighted by atomic mass is 9.89. The van der Waals surface area contributed by atoms with Crippen molar-refractivity contribution in [2.45, 2.75) is 57.9 Å². The SMILES string of the molecule is CC(CC(=O)NC(C(=O)N1CCC(c2ccc(Cl)cc2)CC1)C(C)C)c1ccccc1. The summed E-state index contributed by atoms with van der Waals surface area (Å²) < 4.78 is 0. The average Bonchev–Trinajstić information content (AvgIpc) is 2.78. The molecule has 2 atom stereocenters. The molecule has 1 fully saturated rings. The van der Waals surface area contributed by atoms with Gasteiger partial charge in [-0.05, 0) is 53.9 Å². The lowest BCUT2D eigenvalue weighted by Crippen LogP contribution is -2.53. The molecular weight excluding hydrogens is 408 g/mol.